The largest absolute Gasteiger partial charge is 0.496 e. The number of imidazole rings is 1. The quantitative estimate of drug-likeness (QED) is 0.811. The lowest BCUT2D eigenvalue weighted by atomic mass is 9.94. The maximum Gasteiger partial charge on any atom is 0.225 e. The standard InChI is InChI=1S/C22H30N4O3/c1-15(2)22(28)26-12-9-16(10-13-26)21(27)24-19(20-23-11-14-25(20)3)17-7-5-6-8-18(17)29-4/h5-8,11,14-16,19H,9-10,12-13H2,1-4H3,(H,24,27). The van der Waals surface area contributed by atoms with Crippen LogP contribution < -0.4 is 10.1 Å². The van der Waals surface area contributed by atoms with Crippen LogP contribution in [0.4, 0.5) is 0 Å². The van der Waals surface area contributed by atoms with E-state index in [0.29, 0.717) is 31.7 Å². The van der Waals surface area contributed by atoms with Crippen molar-refractivity contribution in [3.63, 3.8) is 0 Å². The fourth-order valence-corrected chi connectivity index (χ4v) is 3.83. The molecule has 1 aromatic carbocycles. The topological polar surface area (TPSA) is 76.5 Å². The Morgan fingerprint density at radius 1 is 1.21 bits per heavy atom. The summed E-state index contributed by atoms with van der Waals surface area (Å²) in [5.74, 6) is 1.46. The molecule has 0 saturated carbocycles. The predicted molar refractivity (Wildman–Crippen MR) is 110 cm³/mol. The first kappa shape index (κ1) is 20.9. The van der Waals surface area contributed by atoms with Crippen molar-refractivity contribution >= 4 is 11.8 Å². The van der Waals surface area contributed by atoms with Gasteiger partial charge in [-0.25, -0.2) is 4.98 Å². The number of nitrogens with one attached hydrogen (secondary N) is 1. The first-order valence-electron chi connectivity index (χ1n) is 10.1. The molecule has 3 rings (SSSR count). The fourth-order valence-electron chi connectivity index (χ4n) is 3.83. The van der Waals surface area contributed by atoms with Crippen molar-refractivity contribution in [1.82, 2.24) is 19.8 Å². The van der Waals surface area contributed by atoms with E-state index < -0.39 is 6.04 Å². The summed E-state index contributed by atoms with van der Waals surface area (Å²) in [4.78, 5) is 31.6. The molecule has 1 atom stereocenters. The van der Waals surface area contributed by atoms with Gasteiger partial charge in [-0.05, 0) is 18.9 Å². The first-order valence-corrected chi connectivity index (χ1v) is 10.1. The molecule has 1 aromatic heterocycles. The van der Waals surface area contributed by atoms with Gasteiger partial charge in [-0.1, -0.05) is 32.0 Å². The molecule has 1 saturated heterocycles. The number of para-hydroxylation sites is 1. The number of ether oxygens (including phenoxy) is 1. The summed E-state index contributed by atoms with van der Waals surface area (Å²) in [7, 11) is 3.53. The maximum atomic E-state index is 13.1. The highest BCUT2D eigenvalue weighted by Gasteiger charge is 2.31. The van der Waals surface area contributed by atoms with Crippen LogP contribution in [0.15, 0.2) is 36.7 Å². The van der Waals surface area contributed by atoms with Crippen molar-refractivity contribution in [3.05, 3.63) is 48.0 Å². The number of aromatic nitrogens is 2. The van der Waals surface area contributed by atoms with Gasteiger partial charge in [0.15, 0.2) is 0 Å². The number of nitrogens with zero attached hydrogens (tertiary/aromatic N) is 3. The van der Waals surface area contributed by atoms with Crippen LogP contribution in [0.1, 0.15) is 44.1 Å². The number of likely N-dealkylation sites (tertiary alicyclic amines) is 1. The van der Waals surface area contributed by atoms with Gasteiger partial charge in [0.2, 0.25) is 11.8 Å². The minimum Gasteiger partial charge on any atom is -0.496 e. The number of amides is 2. The number of methoxy groups -OCH3 is 1. The fraction of sp³-hybridized carbons (Fsp3) is 0.500. The number of hydrogen-bond donors (Lipinski definition) is 1. The van der Waals surface area contributed by atoms with Gasteiger partial charge in [-0.2, -0.15) is 0 Å². The highest BCUT2D eigenvalue weighted by Crippen LogP contribution is 2.30. The molecule has 7 heteroatoms. The van der Waals surface area contributed by atoms with E-state index in [4.69, 9.17) is 4.74 Å². The molecule has 1 fully saturated rings. The molecule has 0 aliphatic carbocycles. The average Bonchev–Trinajstić information content (AvgIpc) is 3.16. The van der Waals surface area contributed by atoms with Gasteiger partial charge in [0.05, 0.1) is 7.11 Å². The Bertz CT molecular complexity index is 853. The molecule has 0 bridgehead atoms. The molecule has 2 aromatic rings. The minimum absolute atomic E-state index is 0.0134. The zero-order chi connectivity index (χ0) is 21.0. The summed E-state index contributed by atoms with van der Waals surface area (Å²) in [6, 6.07) is 7.25. The number of carbonyl (C=O) groups excluding carboxylic acids is 2. The molecule has 1 N–H and O–H groups in total. The van der Waals surface area contributed by atoms with Crippen molar-refractivity contribution < 1.29 is 14.3 Å². The molecule has 7 nitrogen and oxygen atoms in total. The minimum atomic E-state index is -0.408. The number of rotatable bonds is 6. The number of carbonyl (C=O) groups is 2. The lowest BCUT2D eigenvalue weighted by Gasteiger charge is -2.33. The van der Waals surface area contributed by atoms with Crippen molar-refractivity contribution in [2.45, 2.75) is 32.7 Å². The van der Waals surface area contributed by atoms with Crippen molar-refractivity contribution in [3.8, 4) is 5.75 Å². The predicted octanol–water partition coefficient (Wildman–Crippen LogP) is 2.53. The van der Waals surface area contributed by atoms with Gasteiger partial charge >= 0.3 is 0 Å². The summed E-state index contributed by atoms with van der Waals surface area (Å²) < 4.78 is 7.43. The number of benzene rings is 1. The zero-order valence-corrected chi connectivity index (χ0v) is 17.6. The second-order valence-corrected chi connectivity index (χ2v) is 7.83. The lowest BCUT2D eigenvalue weighted by molar-refractivity contribution is -0.138. The van der Waals surface area contributed by atoms with Gasteiger partial charge < -0.3 is 19.5 Å². The van der Waals surface area contributed by atoms with E-state index in [1.54, 1.807) is 13.3 Å². The van der Waals surface area contributed by atoms with Gasteiger partial charge in [0, 0.05) is 49.9 Å². The highest BCUT2D eigenvalue weighted by atomic mass is 16.5. The van der Waals surface area contributed by atoms with E-state index in [9.17, 15) is 9.59 Å². The smallest absolute Gasteiger partial charge is 0.225 e. The van der Waals surface area contributed by atoms with Crippen LogP contribution in [0.3, 0.4) is 0 Å². The second-order valence-electron chi connectivity index (χ2n) is 7.83. The Morgan fingerprint density at radius 2 is 1.90 bits per heavy atom. The van der Waals surface area contributed by atoms with Crippen LogP contribution in [-0.4, -0.2) is 46.5 Å². The van der Waals surface area contributed by atoms with E-state index in [2.05, 4.69) is 10.3 Å². The van der Waals surface area contributed by atoms with Gasteiger partial charge in [0.1, 0.15) is 17.6 Å². The summed E-state index contributed by atoms with van der Waals surface area (Å²) in [6.07, 6.45) is 4.92. The van der Waals surface area contributed by atoms with E-state index in [1.807, 2.05) is 60.8 Å². The monoisotopic (exact) mass is 398 g/mol. The Morgan fingerprint density at radius 3 is 2.48 bits per heavy atom. The Balaban J connectivity index is 1.76. The van der Waals surface area contributed by atoms with Crippen LogP contribution >= 0.6 is 0 Å². The third kappa shape index (κ3) is 4.60. The molecule has 2 amide bonds. The number of hydrogen-bond acceptors (Lipinski definition) is 4. The summed E-state index contributed by atoms with van der Waals surface area (Å²) in [6.45, 7) is 5.06. The highest BCUT2D eigenvalue weighted by molar-refractivity contribution is 5.81. The first-order chi connectivity index (χ1) is 13.9. The molecule has 1 aliphatic heterocycles. The third-order valence-electron chi connectivity index (χ3n) is 5.52. The summed E-state index contributed by atoms with van der Waals surface area (Å²) in [5.41, 5.74) is 0.866. The van der Waals surface area contributed by atoms with Crippen LogP contribution in [0.2, 0.25) is 0 Å². The Hall–Kier alpha value is -2.83. The second kappa shape index (κ2) is 9.11. The molecule has 1 aliphatic rings. The van der Waals surface area contributed by atoms with Crippen LogP contribution in [0.5, 0.6) is 5.75 Å². The normalized spacial score (nSPS) is 16.0. The van der Waals surface area contributed by atoms with Crippen LogP contribution in [0, 0.1) is 11.8 Å². The molecule has 0 spiro atoms. The zero-order valence-electron chi connectivity index (χ0n) is 17.6. The van der Waals surface area contributed by atoms with E-state index in [-0.39, 0.29) is 23.7 Å². The summed E-state index contributed by atoms with van der Waals surface area (Å²) in [5, 5.41) is 3.18. The molecule has 29 heavy (non-hydrogen) atoms. The number of aryl methyl sites for hydroxylation is 1. The maximum absolute atomic E-state index is 13.1. The van der Waals surface area contributed by atoms with Gasteiger partial charge in [-0.3, -0.25) is 9.59 Å². The lowest BCUT2D eigenvalue weighted by Crippen LogP contribution is -2.45. The number of piperidine rings is 1. The third-order valence-corrected chi connectivity index (χ3v) is 5.52. The molecule has 0 radical (unpaired) electrons. The van der Waals surface area contributed by atoms with Gasteiger partial charge in [0.25, 0.3) is 0 Å². The molecular weight excluding hydrogens is 368 g/mol. The van der Waals surface area contributed by atoms with E-state index >= 15 is 0 Å². The summed E-state index contributed by atoms with van der Waals surface area (Å²) >= 11 is 0. The van der Waals surface area contributed by atoms with Crippen LogP contribution in [0.25, 0.3) is 0 Å². The van der Waals surface area contributed by atoms with Gasteiger partial charge in [-0.15, -0.1) is 0 Å². The molecular formula is C22H30N4O3. The molecule has 2 heterocycles. The SMILES string of the molecule is COc1ccccc1C(NC(=O)C1CCN(C(=O)C(C)C)CC1)c1nccn1C. The van der Waals surface area contributed by atoms with E-state index in [0.717, 1.165) is 11.4 Å². The van der Waals surface area contributed by atoms with Crippen LogP contribution in [-0.2, 0) is 16.6 Å². The van der Waals surface area contributed by atoms with E-state index in [1.165, 1.54) is 0 Å². The molecule has 1 unspecified atom stereocenters. The Labute approximate surface area is 172 Å². The van der Waals surface area contributed by atoms with Crippen molar-refractivity contribution in [2.75, 3.05) is 20.2 Å². The molecule has 156 valence electrons. The van der Waals surface area contributed by atoms with Crippen molar-refractivity contribution in [1.29, 1.82) is 0 Å². The van der Waals surface area contributed by atoms with Crippen molar-refractivity contribution in [2.24, 2.45) is 18.9 Å². The average molecular weight is 399 g/mol. The Kier molecular flexibility index (Phi) is 6.56.